The van der Waals surface area contributed by atoms with Gasteiger partial charge in [-0.2, -0.15) is 0 Å². The van der Waals surface area contributed by atoms with Gasteiger partial charge in [-0.15, -0.1) is 0 Å². The number of hydrogen-bond acceptors (Lipinski definition) is 2. The first-order valence-electron chi connectivity index (χ1n) is 3.27. The van der Waals surface area contributed by atoms with Crippen molar-refractivity contribution in [3.05, 3.63) is 23.1 Å². The van der Waals surface area contributed by atoms with Crippen molar-refractivity contribution in [2.45, 2.75) is 6.92 Å². The minimum absolute atomic E-state index is 0.498. The second-order valence-electron chi connectivity index (χ2n) is 2.42. The van der Waals surface area contributed by atoms with Crippen LogP contribution in [0.2, 0.25) is 0 Å². The van der Waals surface area contributed by atoms with Crippen LogP contribution in [0.25, 0.3) is 0 Å². The molecule has 0 radical (unpaired) electrons. The van der Waals surface area contributed by atoms with Crippen molar-refractivity contribution in [2.24, 2.45) is 0 Å². The third-order valence-corrected chi connectivity index (χ3v) is 1.96. The first kappa shape index (κ1) is 10.4. The van der Waals surface area contributed by atoms with Gasteiger partial charge in [-0.1, -0.05) is 18.2 Å². The minimum atomic E-state index is 0.498. The average Bonchev–Trinajstić information content (AvgIpc) is 2.00. The highest BCUT2D eigenvalue weighted by molar-refractivity contribution is 6.32. The van der Waals surface area contributed by atoms with Crippen LogP contribution in [-0.2, 0) is 4.74 Å². The summed E-state index contributed by atoms with van der Waals surface area (Å²) in [6, 6.07) is 0. The molecule has 0 aliphatic carbocycles. The molecule has 0 aromatic rings. The number of methoxy groups -OCH3 is 1. The molecule has 0 atom stereocenters. The number of halogens is 1. The normalized spacial score (nSPS) is 12.1. The third-order valence-electron chi connectivity index (χ3n) is 1.48. The van der Waals surface area contributed by atoms with Crippen LogP contribution in [0.15, 0.2) is 23.1 Å². The van der Waals surface area contributed by atoms with Gasteiger partial charge in [-0.25, -0.2) is 0 Å². The van der Waals surface area contributed by atoms with E-state index >= 15 is 0 Å². The molecule has 0 unspecified atom stereocenters. The van der Waals surface area contributed by atoms with Gasteiger partial charge < -0.3 is 9.64 Å². The van der Waals surface area contributed by atoms with Crippen LogP contribution < -0.4 is 0 Å². The number of allylic oxidation sites excluding steroid dienone is 2. The van der Waals surface area contributed by atoms with Gasteiger partial charge in [-0.3, -0.25) is 0 Å². The van der Waals surface area contributed by atoms with Crippen molar-refractivity contribution in [3.63, 3.8) is 0 Å². The fourth-order valence-electron chi connectivity index (χ4n) is 0.488. The Hall–Kier alpha value is -0.630. The summed E-state index contributed by atoms with van der Waals surface area (Å²) in [7, 11) is 5.38. The maximum Gasteiger partial charge on any atom is 0.132 e. The van der Waals surface area contributed by atoms with Crippen molar-refractivity contribution < 1.29 is 4.74 Å². The van der Waals surface area contributed by atoms with E-state index in [2.05, 4.69) is 6.58 Å². The standard InChI is InChI=1S/C8H14ClNO/c1-6(10(3)4)8(9)7(2)11-5/h2H2,1,3-5H3/b8-6-. The zero-order chi connectivity index (χ0) is 9.02. The summed E-state index contributed by atoms with van der Waals surface area (Å²) in [5.41, 5.74) is 0.943. The Morgan fingerprint density at radius 2 is 1.91 bits per heavy atom. The van der Waals surface area contributed by atoms with Crippen LogP contribution >= 0.6 is 11.6 Å². The van der Waals surface area contributed by atoms with E-state index in [0.29, 0.717) is 10.8 Å². The van der Waals surface area contributed by atoms with E-state index in [1.54, 1.807) is 7.11 Å². The first-order chi connectivity index (χ1) is 5.00. The van der Waals surface area contributed by atoms with Crippen LogP contribution in [-0.4, -0.2) is 26.1 Å². The zero-order valence-electron chi connectivity index (χ0n) is 7.44. The molecule has 11 heavy (non-hydrogen) atoms. The fraction of sp³-hybridized carbons (Fsp3) is 0.500. The van der Waals surface area contributed by atoms with Crippen molar-refractivity contribution in [2.75, 3.05) is 21.2 Å². The molecule has 0 bridgehead atoms. The summed E-state index contributed by atoms with van der Waals surface area (Å²) in [5.74, 6) is 0.498. The van der Waals surface area contributed by atoms with Crippen LogP contribution in [0, 0.1) is 0 Å². The summed E-state index contributed by atoms with van der Waals surface area (Å²) in [6.45, 7) is 5.55. The van der Waals surface area contributed by atoms with E-state index in [4.69, 9.17) is 16.3 Å². The molecule has 0 aliphatic heterocycles. The molecule has 0 amide bonds. The highest BCUT2D eigenvalue weighted by Crippen LogP contribution is 2.18. The summed E-state index contributed by atoms with van der Waals surface area (Å²) < 4.78 is 4.87. The van der Waals surface area contributed by atoms with Gasteiger partial charge in [0.05, 0.1) is 7.11 Å². The maximum absolute atomic E-state index is 5.89. The molecule has 0 aromatic heterocycles. The Balaban J connectivity index is 4.52. The lowest BCUT2D eigenvalue weighted by Gasteiger charge is -2.15. The van der Waals surface area contributed by atoms with E-state index in [9.17, 15) is 0 Å². The number of hydrogen-bond donors (Lipinski definition) is 0. The zero-order valence-corrected chi connectivity index (χ0v) is 8.20. The molecule has 0 fully saturated rings. The Bertz CT molecular complexity index is 185. The molecule has 0 saturated heterocycles. The molecule has 0 aliphatic rings. The monoisotopic (exact) mass is 175 g/mol. The maximum atomic E-state index is 5.89. The van der Waals surface area contributed by atoms with Gasteiger partial charge in [0.25, 0.3) is 0 Å². The van der Waals surface area contributed by atoms with Gasteiger partial charge in [0.1, 0.15) is 10.8 Å². The molecule has 0 heterocycles. The van der Waals surface area contributed by atoms with Gasteiger partial charge in [-0.05, 0) is 6.92 Å². The molecule has 0 spiro atoms. The molecule has 64 valence electrons. The SMILES string of the molecule is C=C(OC)/C(Cl)=C(\C)N(C)C. The van der Waals surface area contributed by atoms with Gasteiger partial charge >= 0.3 is 0 Å². The fourth-order valence-corrected chi connectivity index (χ4v) is 0.734. The van der Waals surface area contributed by atoms with Crippen molar-refractivity contribution in [3.8, 4) is 0 Å². The Kier molecular flexibility index (Phi) is 4.04. The van der Waals surface area contributed by atoms with Crippen LogP contribution in [0.3, 0.4) is 0 Å². The van der Waals surface area contributed by atoms with E-state index in [1.807, 2.05) is 25.9 Å². The summed E-state index contributed by atoms with van der Waals surface area (Å²) in [6.07, 6.45) is 0. The summed E-state index contributed by atoms with van der Waals surface area (Å²) in [5, 5.41) is 0.567. The average molecular weight is 176 g/mol. The molecule has 0 aromatic carbocycles. The molecule has 3 heteroatoms. The largest absolute Gasteiger partial charge is 0.496 e. The lowest BCUT2D eigenvalue weighted by molar-refractivity contribution is 0.304. The minimum Gasteiger partial charge on any atom is -0.496 e. The van der Waals surface area contributed by atoms with Crippen molar-refractivity contribution >= 4 is 11.6 Å². The van der Waals surface area contributed by atoms with Crippen molar-refractivity contribution in [1.82, 2.24) is 4.90 Å². The molecule has 2 nitrogen and oxygen atoms in total. The molecule has 0 rings (SSSR count). The quantitative estimate of drug-likeness (QED) is 0.482. The predicted octanol–water partition coefficient (Wildman–Crippen LogP) is 2.18. The van der Waals surface area contributed by atoms with E-state index in [0.717, 1.165) is 5.70 Å². The Labute approximate surface area is 73.1 Å². The summed E-state index contributed by atoms with van der Waals surface area (Å²) >= 11 is 5.89. The molecule has 0 saturated carbocycles. The lowest BCUT2D eigenvalue weighted by Crippen LogP contribution is -2.10. The second kappa shape index (κ2) is 4.29. The van der Waals surface area contributed by atoms with Crippen LogP contribution in [0.1, 0.15) is 6.92 Å². The van der Waals surface area contributed by atoms with Crippen LogP contribution in [0.5, 0.6) is 0 Å². The van der Waals surface area contributed by atoms with Crippen molar-refractivity contribution in [1.29, 1.82) is 0 Å². The van der Waals surface area contributed by atoms with Gasteiger partial charge in [0, 0.05) is 19.8 Å². The predicted molar refractivity (Wildman–Crippen MR) is 48.4 cm³/mol. The smallest absolute Gasteiger partial charge is 0.132 e. The topological polar surface area (TPSA) is 12.5 Å². The second-order valence-corrected chi connectivity index (χ2v) is 2.80. The summed E-state index contributed by atoms with van der Waals surface area (Å²) in [4.78, 5) is 1.91. The van der Waals surface area contributed by atoms with E-state index < -0.39 is 0 Å². The Morgan fingerprint density at radius 1 is 1.45 bits per heavy atom. The number of nitrogens with zero attached hydrogens (tertiary/aromatic N) is 1. The first-order valence-corrected chi connectivity index (χ1v) is 3.65. The van der Waals surface area contributed by atoms with Crippen LogP contribution in [0.4, 0.5) is 0 Å². The number of rotatable bonds is 3. The Morgan fingerprint density at radius 3 is 2.18 bits per heavy atom. The highest BCUT2D eigenvalue weighted by atomic mass is 35.5. The molecular weight excluding hydrogens is 162 g/mol. The van der Waals surface area contributed by atoms with E-state index in [-0.39, 0.29) is 0 Å². The van der Waals surface area contributed by atoms with E-state index in [1.165, 1.54) is 0 Å². The number of ether oxygens (including phenoxy) is 1. The van der Waals surface area contributed by atoms with Gasteiger partial charge in [0.15, 0.2) is 0 Å². The van der Waals surface area contributed by atoms with Gasteiger partial charge in [0.2, 0.25) is 0 Å². The molecule has 0 N–H and O–H groups in total. The lowest BCUT2D eigenvalue weighted by atomic mass is 10.3. The molecular formula is C8H14ClNO. The highest BCUT2D eigenvalue weighted by Gasteiger charge is 2.04. The third kappa shape index (κ3) is 2.85.